The van der Waals surface area contributed by atoms with Crippen molar-refractivity contribution in [3.63, 3.8) is 0 Å². The van der Waals surface area contributed by atoms with Crippen LogP contribution < -0.4 is 5.73 Å². The van der Waals surface area contributed by atoms with Crippen molar-refractivity contribution in [1.82, 2.24) is 19.5 Å². The molecule has 1 aliphatic rings. The molecular weight excluding hydrogens is 238 g/mol. The molecule has 18 heavy (non-hydrogen) atoms. The first-order valence-electron chi connectivity index (χ1n) is 5.58. The van der Waals surface area contributed by atoms with Crippen LogP contribution in [0.1, 0.15) is 12.6 Å². The average molecular weight is 251 g/mol. The molecule has 0 spiro atoms. The fourth-order valence-electron chi connectivity index (χ4n) is 2.13. The van der Waals surface area contributed by atoms with Gasteiger partial charge in [-0.25, -0.2) is 15.0 Å². The van der Waals surface area contributed by atoms with Crippen molar-refractivity contribution in [2.75, 3.05) is 12.3 Å². The minimum atomic E-state index is -0.698. The smallest absolute Gasteiger partial charge is 0.167 e. The quantitative estimate of drug-likeness (QED) is 0.629. The van der Waals surface area contributed by atoms with Gasteiger partial charge in [-0.2, -0.15) is 0 Å². The first-order valence-corrected chi connectivity index (χ1v) is 5.58. The Labute approximate surface area is 102 Å². The number of aliphatic hydroxyl groups is 2. The monoisotopic (exact) mass is 251 g/mol. The van der Waals surface area contributed by atoms with Crippen molar-refractivity contribution in [3.05, 3.63) is 12.7 Å². The Morgan fingerprint density at radius 3 is 3.00 bits per heavy atom. The highest BCUT2D eigenvalue weighted by Gasteiger charge is 2.35. The summed E-state index contributed by atoms with van der Waals surface area (Å²) in [5.74, 6) is 0.302. The van der Waals surface area contributed by atoms with Crippen molar-refractivity contribution >= 4 is 17.0 Å². The number of aromatic nitrogens is 4. The molecule has 96 valence electrons. The molecule has 2 aromatic heterocycles. The highest BCUT2D eigenvalue weighted by atomic mass is 16.5. The standard InChI is InChI=1S/C10H13N5O3/c11-9-8-10(13-3-12-9)15(4-14-8)7-1-5(17)6(2-16)18-7/h3-7,16-17H,1-2H2,(H2,11,12,13)/t5-,6-,7+/m1/s1. The number of rotatable bonds is 2. The predicted octanol–water partition coefficient (Wildman–Crippen LogP) is -0.951. The molecule has 2 aromatic rings. The number of nitrogens with two attached hydrogens (primary N) is 1. The SMILES string of the molecule is Nc1ncnc2c1ncn2[C@@H]1C[C@@H](O)[C@@H](CO)O1. The van der Waals surface area contributed by atoms with Gasteiger partial charge in [0.2, 0.25) is 0 Å². The normalized spacial score (nSPS) is 28.0. The third-order valence-electron chi connectivity index (χ3n) is 3.08. The van der Waals surface area contributed by atoms with E-state index < -0.39 is 18.4 Å². The van der Waals surface area contributed by atoms with Crippen LogP contribution in [-0.2, 0) is 4.74 Å². The second-order valence-electron chi connectivity index (χ2n) is 4.20. The zero-order valence-corrected chi connectivity index (χ0v) is 9.47. The maximum Gasteiger partial charge on any atom is 0.167 e. The van der Waals surface area contributed by atoms with Crippen molar-refractivity contribution in [3.8, 4) is 0 Å². The molecule has 8 nitrogen and oxygen atoms in total. The molecule has 0 aliphatic carbocycles. The van der Waals surface area contributed by atoms with E-state index in [0.717, 1.165) is 0 Å². The Morgan fingerprint density at radius 2 is 2.28 bits per heavy atom. The molecule has 1 aliphatic heterocycles. The highest BCUT2D eigenvalue weighted by Crippen LogP contribution is 2.30. The number of anilines is 1. The summed E-state index contributed by atoms with van der Waals surface area (Å²) in [7, 11) is 0. The number of nitrogen functional groups attached to an aromatic ring is 1. The molecule has 0 aromatic carbocycles. The largest absolute Gasteiger partial charge is 0.394 e. The van der Waals surface area contributed by atoms with E-state index in [1.54, 1.807) is 10.9 Å². The fraction of sp³-hybridized carbons (Fsp3) is 0.500. The van der Waals surface area contributed by atoms with Crippen LogP contribution in [0.25, 0.3) is 11.2 Å². The van der Waals surface area contributed by atoms with Gasteiger partial charge in [-0.1, -0.05) is 0 Å². The maximum atomic E-state index is 9.71. The molecule has 3 rings (SSSR count). The maximum absolute atomic E-state index is 9.71. The molecule has 0 amide bonds. The topological polar surface area (TPSA) is 119 Å². The molecule has 1 saturated heterocycles. The zero-order chi connectivity index (χ0) is 12.7. The van der Waals surface area contributed by atoms with Gasteiger partial charge in [0.25, 0.3) is 0 Å². The van der Waals surface area contributed by atoms with Gasteiger partial charge in [-0.15, -0.1) is 0 Å². The third kappa shape index (κ3) is 1.62. The number of imidazole rings is 1. The average Bonchev–Trinajstić information content (AvgIpc) is 2.93. The van der Waals surface area contributed by atoms with Crippen LogP contribution in [0.2, 0.25) is 0 Å². The first kappa shape index (κ1) is 11.3. The summed E-state index contributed by atoms with van der Waals surface area (Å²) in [6, 6.07) is 0. The lowest BCUT2D eigenvalue weighted by atomic mass is 10.2. The van der Waals surface area contributed by atoms with E-state index in [-0.39, 0.29) is 6.61 Å². The van der Waals surface area contributed by atoms with Gasteiger partial charge in [0.1, 0.15) is 24.2 Å². The Kier molecular flexibility index (Phi) is 2.62. The second kappa shape index (κ2) is 4.16. The Bertz CT molecular complexity index is 572. The van der Waals surface area contributed by atoms with Crippen molar-refractivity contribution < 1.29 is 14.9 Å². The summed E-state index contributed by atoms with van der Waals surface area (Å²) in [6.07, 6.45) is 1.60. The van der Waals surface area contributed by atoms with Crippen LogP contribution >= 0.6 is 0 Å². The lowest BCUT2D eigenvalue weighted by Gasteiger charge is -2.13. The van der Waals surface area contributed by atoms with Gasteiger partial charge < -0.3 is 20.7 Å². The van der Waals surface area contributed by atoms with Gasteiger partial charge >= 0.3 is 0 Å². The first-order chi connectivity index (χ1) is 8.70. The molecule has 0 bridgehead atoms. The molecule has 1 fully saturated rings. The molecule has 0 radical (unpaired) electrons. The summed E-state index contributed by atoms with van der Waals surface area (Å²) in [4.78, 5) is 12.1. The predicted molar refractivity (Wildman–Crippen MR) is 61.4 cm³/mol. The van der Waals surface area contributed by atoms with Crippen LogP contribution in [0.5, 0.6) is 0 Å². The van der Waals surface area contributed by atoms with E-state index in [9.17, 15) is 5.11 Å². The Morgan fingerprint density at radius 1 is 1.44 bits per heavy atom. The van der Waals surface area contributed by atoms with Gasteiger partial charge in [0.15, 0.2) is 11.5 Å². The van der Waals surface area contributed by atoms with Gasteiger partial charge in [0.05, 0.1) is 19.0 Å². The summed E-state index contributed by atoms with van der Waals surface area (Å²) in [5.41, 5.74) is 6.75. The molecule has 4 N–H and O–H groups in total. The third-order valence-corrected chi connectivity index (χ3v) is 3.08. The van der Waals surface area contributed by atoms with Crippen LogP contribution in [0.3, 0.4) is 0 Å². The van der Waals surface area contributed by atoms with Gasteiger partial charge in [-0.05, 0) is 0 Å². The molecule has 3 heterocycles. The molecular formula is C10H13N5O3. The van der Waals surface area contributed by atoms with E-state index in [4.69, 9.17) is 15.6 Å². The summed E-state index contributed by atoms with van der Waals surface area (Å²) < 4.78 is 7.22. The van der Waals surface area contributed by atoms with E-state index in [1.165, 1.54) is 6.33 Å². The fourth-order valence-corrected chi connectivity index (χ4v) is 2.13. The van der Waals surface area contributed by atoms with E-state index in [0.29, 0.717) is 23.4 Å². The minimum absolute atomic E-state index is 0.221. The summed E-state index contributed by atoms with van der Waals surface area (Å²) in [5, 5.41) is 18.8. The van der Waals surface area contributed by atoms with E-state index >= 15 is 0 Å². The number of aliphatic hydroxyl groups excluding tert-OH is 2. The van der Waals surface area contributed by atoms with Crippen LogP contribution in [0.15, 0.2) is 12.7 Å². The lowest BCUT2D eigenvalue weighted by Crippen LogP contribution is -2.24. The molecule has 0 unspecified atom stereocenters. The molecule has 8 heteroatoms. The lowest BCUT2D eigenvalue weighted by molar-refractivity contribution is -0.0432. The van der Waals surface area contributed by atoms with Crippen molar-refractivity contribution in [2.45, 2.75) is 24.9 Å². The van der Waals surface area contributed by atoms with E-state index in [2.05, 4.69) is 15.0 Å². The number of fused-ring (bicyclic) bond motifs is 1. The van der Waals surface area contributed by atoms with E-state index in [1.807, 2.05) is 0 Å². The zero-order valence-electron chi connectivity index (χ0n) is 9.47. The highest BCUT2D eigenvalue weighted by molar-refractivity contribution is 5.81. The van der Waals surface area contributed by atoms with Crippen LogP contribution in [-0.4, -0.2) is 48.5 Å². The van der Waals surface area contributed by atoms with Crippen molar-refractivity contribution in [1.29, 1.82) is 0 Å². The molecule has 3 atom stereocenters. The number of ether oxygens (including phenoxy) is 1. The van der Waals surface area contributed by atoms with Gasteiger partial charge in [-0.3, -0.25) is 4.57 Å². The summed E-state index contributed by atoms with van der Waals surface area (Å²) in [6.45, 7) is -0.221. The number of hydrogen-bond donors (Lipinski definition) is 3. The molecule has 0 saturated carbocycles. The Balaban J connectivity index is 1.99. The number of hydrogen-bond acceptors (Lipinski definition) is 7. The minimum Gasteiger partial charge on any atom is -0.394 e. The van der Waals surface area contributed by atoms with Crippen LogP contribution in [0.4, 0.5) is 5.82 Å². The Hall–Kier alpha value is -1.77. The second-order valence-corrected chi connectivity index (χ2v) is 4.20. The van der Waals surface area contributed by atoms with Crippen LogP contribution in [0, 0.1) is 0 Å². The summed E-state index contributed by atoms with van der Waals surface area (Å²) >= 11 is 0. The number of nitrogens with zero attached hydrogens (tertiary/aromatic N) is 4. The van der Waals surface area contributed by atoms with Crippen molar-refractivity contribution in [2.24, 2.45) is 0 Å². The van der Waals surface area contributed by atoms with Gasteiger partial charge in [0, 0.05) is 6.42 Å².